The van der Waals surface area contributed by atoms with Gasteiger partial charge in [0.15, 0.2) is 5.76 Å². The van der Waals surface area contributed by atoms with Gasteiger partial charge < -0.3 is 14.6 Å². The molecule has 0 aromatic carbocycles. The van der Waals surface area contributed by atoms with Crippen molar-refractivity contribution in [1.29, 1.82) is 0 Å². The summed E-state index contributed by atoms with van der Waals surface area (Å²) in [4.78, 5) is 26.8. The van der Waals surface area contributed by atoms with Gasteiger partial charge in [0.25, 0.3) is 5.91 Å². The van der Waals surface area contributed by atoms with Gasteiger partial charge in [-0.05, 0) is 37.8 Å². The number of nitrogens with one attached hydrogen (secondary N) is 1. The summed E-state index contributed by atoms with van der Waals surface area (Å²) in [6.07, 6.45) is 11.4. The normalized spacial score (nSPS) is 23.3. The first kappa shape index (κ1) is 16.1. The molecule has 1 aromatic rings. The van der Waals surface area contributed by atoms with Crippen molar-refractivity contribution in [3.63, 3.8) is 0 Å². The third-order valence-electron chi connectivity index (χ3n) is 5.00. The molecule has 1 atom stereocenters. The summed E-state index contributed by atoms with van der Waals surface area (Å²) in [5, 5.41) is 3.20. The van der Waals surface area contributed by atoms with Crippen LogP contribution in [0.15, 0.2) is 22.8 Å². The van der Waals surface area contributed by atoms with Crippen molar-refractivity contribution >= 4 is 11.8 Å². The van der Waals surface area contributed by atoms with Crippen LogP contribution in [0.1, 0.15) is 68.3 Å². The highest BCUT2D eigenvalue weighted by atomic mass is 16.3. The van der Waals surface area contributed by atoms with Gasteiger partial charge in [0.05, 0.1) is 6.26 Å². The smallest absolute Gasteiger partial charge is 0.290 e. The van der Waals surface area contributed by atoms with Gasteiger partial charge in [-0.2, -0.15) is 0 Å². The predicted octanol–water partition coefficient (Wildman–Crippen LogP) is 3.11. The number of hydrogen-bond donors (Lipinski definition) is 1. The van der Waals surface area contributed by atoms with Gasteiger partial charge in [-0.25, -0.2) is 0 Å². The van der Waals surface area contributed by atoms with Crippen LogP contribution in [0.3, 0.4) is 0 Å². The van der Waals surface area contributed by atoms with Crippen LogP contribution in [0.5, 0.6) is 0 Å². The van der Waals surface area contributed by atoms with E-state index in [0.29, 0.717) is 12.3 Å². The zero-order chi connectivity index (χ0) is 16.1. The number of hydrogen-bond acceptors (Lipinski definition) is 3. The molecule has 1 N–H and O–H groups in total. The molecule has 5 heteroatoms. The minimum atomic E-state index is -0.349. The van der Waals surface area contributed by atoms with Crippen LogP contribution in [0, 0.1) is 0 Å². The van der Waals surface area contributed by atoms with Crippen molar-refractivity contribution in [2.45, 2.75) is 69.9 Å². The Balaban J connectivity index is 1.60. The molecule has 3 rings (SSSR count). The van der Waals surface area contributed by atoms with Gasteiger partial charge >= 0.3 is 0 Å². The first-order valence-electron chi connectivity index (χ1n) is 8.90. The van der Waals surface area contributed by atoms with Crippen molar-refractivity contribution in [2.75, 3.05) is 6.54 Å². The van der Waals surface area contributed by atoms with Crippen LogP contribution < -0.4 is 5.32 Å². The first-order chi connectivity index (χ1) is 11.3. The van der Waals surface area contributed by atoms with Crippen LogP contribution in [-0.2, 0) is 4.79 Å². The highest BCUT2D eigenvalue weighted by Crippen LogP contribution is 2.22. The lowest BCUT2D eigenvalue weighted by atomic mass is 9.96. The van der Waals surface area contributed by atoms with Gasteiger partial charge in [-0.1, -0.05) is 32.1 Å². The maximum atomic E-state index is 12.7. The second kappa shape index (κ2) is 7.66. The monoisotopic (exact) mass is 318 g/mol. The third-order valence-corrected chi connectivity index (χ3v) is 5.00. The average Bonchev–Trinajstić information content (AvgIpc) is 3.20. The SMILES string of the molecule is O=C(NC1CCCCCCC1)[C@H]1CCCN1C(=O)c1ccco1. The lowest BCUT2D eigenvalue weighted by molar-refractivity contribution is -0.125. The zero-order valence-corrected chi connectivity index (χ0v) is 13.6. The molecular formula is C18H26N2O3. The van der Waals surface area contributed by atoms with Gasteiger partial charge in [-0.15, -0.1) is 0 Å². The molecule has 1 aliphatic carbocycles. The fourth-order valence-corrected chi connectivity index (χ4v) is 3.72. The van der Waals surface area contributed by atoms with Gasteiger partial charge in [0.1, 0.15) is 6.04 Å². The quantitative estimate of drug-likeness (QED) is 0.931. The number of amides is 2. The number of nitrogens with zero attached hydrogens (tertiary/aromatic N) is 1. The molecule has 0 radical (unpaired) electrons. The van der Waals surface area contributed by atoms with E-state index in [9.17, 15) is 9.59 Å². The molecule has 2 aliphatic rings. The molecule has 0 bridgehead atoms. The molecule has 1 saturated carbocycles. The Hall–Kier alpha value is -1.78. The number of likely N-dealkylation sites (tertiary alicyclic amines) is 1. The molecule has 2 fully saturated rings. The number of rotatable bonds is 3. The van der Waals surface area contributed by atoms with E-state index in [4.69, 9.17) is 4.42 Å². The highest BCUT2D eigenvalue weighted by molar-refractivity contribution is 5.96. The molecule has 0 unspecified atom stereocenters. The van der Waals surface area contributed by atoms with E-state index in [1.165, 1.54) is 38.4 Å². The average molecular weight is 318 g/mol. The number of carbonyl (C=O) groups excluding carboxylic acids is 2. The Bertz CT molecular complexity index is 518. The van der Waals surface area contributed by atoms with E-state index in [1.807, 2.05) is 0 Å². The summed E-state index contributed by atoms with van der Waals surface area (Å²) in [6.45, 7) is 0.627. The minimum absolute atomic E-state index is 0.00739. The van der Waals surface area contributed by atoms with E-state index in [0.717, 1.165) is 25.7 Å². The first-order valence-corrected chi connectivity index (χ1v) is 8.90. The van der Waals surface area contributed by atoms with Crippen LogP contribution in [-0.4, -0.2) is 35.3 Å². The predicted molar refractivity (Wildman–Crippen MR) is 87.0 cm³/mol. The largest absolute Gasteiger partial charge is 0.459 e. The molecule has 126 valence electrons. The van der Waals surface area contributed by atoms with Crippen molar-refractivity contribution in [2.24, 2.45) is 0 Å². The molecule has 1 aromatic heterocycles. The van der Waals surface area contributed by atoms with E-state index < -0.39 is 0 Å². The van der Waals surface area contributed by atoms with Crippen molar-refractivity contribution in [1.82, 2.24) is 10.2 Å². The second-order valence-electron chi connectivity index (χ2n) is 6.68. The Morgan fingerprint density at radius 1 is 1.04 bits per heavy atom. The molecule has 1 saturated heterocycles. The lowest BCUT2D eigenvalue weighted by Gasteiger charge is -2.27. The van der Waals surface area contributed by atoms with Crippen LogP contribution in [0.2, 0.25) is 0 Å². The standard InChI is InChI=1S/C18H26N2O3/c21-17(19-14-8-4-2-1-3-5-9-14)15-10-6-12-20(15)18(22)16-11-7-13-23-16/h7,11,13-15H,1-6,8-10,12H2,(H,19,21)/t15-/m1/s1. The maximum Gasteiger partial charge on any atom is 0.290 e. The summed E-state index contributed by atoms with van der Waals surface area (Å²) in [6, 6.07) is 3.28. The van der Waals surface area contributed by atoms with Crippen LogP contribution in [0.4, 0.5) is 0 Å². The van der Waals surface area contributed by atoms with Crippen molar-refractivity contribution in [3.05, 3.63) is 24.2 Å². The van der Waals surface area contributed by atoms with Gasteiger partial charge in [0, 0.05) is 12.6 Å². The molecule has 2 amide bonds. The van der Waals surface area contributed by atoms with Gasteiger partial charge in [0.2, 0.25) is 5.91 Å². The van der Waals surface area contributed by atoms with Crippen LogP contribution in [0.25, 0.3) is 0 Å². The van der Waals surface area contributed by atoms with E-state index in [2.05, 4.69) is 5.32 Å². The van der Waals surface area contributed by atoms with E-state index in [-0.39, 0.29) is 23.9 Å². The van der Waals surface area contributed by atoms with E-state index in [1.54, 1.807) is 17.0 Å². The van der Waals surface area contributed by atoms with Gasteiger partial charge in [-0.3, -0.25) is 9.59 Å². The number of carbonyl (C=O) groups is 2. The summed E-state index contributed by atoms with van der Waals surface area (Å²) in [5.41, 5.74) is 0. The highest BCUT2D eigenvalue weighted by Gasteiger charge is 2.36. The summed E-state index contributed by atoms with van der Waals surface area (Å²) < 4.78 is 5.19. The summed E-state index contributed by atoms with van der Waals surface area (Å²) in [5.74, 6) is 0.147. The molecule has 2 heterocycles. The van der Waals surface area contributed by atoms with E-state index >= 15 is 0 Å². The Morgan fingerprint density at radius 3 is 2.48 bits per heavy atom. The Morgan fingerprint density at radius 2 is 1.78 bits per heavy atom. The Kier molecular flexibility index (Phi) is 5.36. The lowest BCUT2D eigenvalue weighted by Crippen LogP contribution is -2.48. The molecule has 0 spiro atoms. The summed E-state index contributed by atoms with van der Waals surface area (Å²) in [7, 11) is 0. The third kappa shape index (κ3) is 3.95. The minimum Gasteiger partial charge on any atom is -0.459 e. The second-order valence-corrected chi connectivity index (χ2v) is 6.68. The maximum absolute atomic E-state index is 12.7. The zero-order valence-electron chi connectivity index (χ0n) is 13.6. The van der Waals surface area contributed by atoms with Crippen molar-refractivity contribution in [3.8, 4) is 0 Å². The fraction of sp³-hybridized carbons (Fsp3) is 0.667. The molecule has 23 heavy (non-hydrogen) atoms. The topological polar surface area (TPSA) is 62.6 Å². The molecule has 1 aliphatic heterocycles. The Labute approximate surface area is 137 Å². The van der Waals surface area contributed by atoms with Crippen molar-refractivity contribution < 1.29 is 14.0 Å². The molecular weight excluding hydrogens is 292 g/mol. The van der Waals surface area contributed by atoms with Crippen LogP contribution >= 0.6 is 0 Å². The fourth-order valence-electron chi connectivity index (χ4n) is 3.72. The molecule has 5 nitrogen and oxygen atoms in total. The summed E-state index contributed by atoms with van der Waals surface area (Å²) >= 11 is 0. The number of furan rings is 1.